The van der Waals surface area contributed by atoms with Crippen LogP contribution in [0.3, 0.4) is 0 Å². The largest absolute Gasteiger partial charge is 0.360 e. The van der Waals surface area contributed by atoms with Gasteiger partial charge in [-0.05, 0) is 49.4 Å². The van der Waals surface area contributed by atoms with Crippen LogP contribution in [0.5, 0.6) is 0 Å². The molecule has 3 rings (SSSR count). The second-order valence-electron chi connectivity index (χ2n) is 6.59. The van der Waals surface area contributed by atoms with Gasteiger partial charge in [0.05, 0.1) is 23.3 Å². The van der Waals surface area contributed by atoms with Crippen molar-refractivity contribution in [3.63, 3.8) is 0 Å². The first kappa shape index (κ1) is 19.0. The number of anilines is 1. The molecule has 0 aliphatic carbocycles. The number of carbonyl (C=O) groups excluding carboxylic acids is 1. The van der Waals surface area contributed by atoms with Crippen molar-refractivity contribution in [2.75, 3.05) is 38.1 Å². The maximum absolute atomic E-state index is 12.4. The summed E-state index contributed by atoms with van der Waals surface area (Å²) in [7, 11) is 1.79. The molecule has 1 fully saturated rings. The lowest BCUT2D eigenvalue weighted by Gasteiger charge is -2.43. The van der Waals surface area contributed by atoms with Gasteiger partial charge in [-0.1, -0.05) is 41.4 Å². The smallest absolute Gasteiger partial charge is 0.236 e. The molecule has 1 saturated heterocycles. The molecule has 0 saturated carbocycles. The molecule has 4 nitrogen and oxygen atoms in total. The Labute approximate surface area is 164 Å². The maximum atomic E-state index is 12.4. The molecule has 0 unspecified atom stereocenters. The number of likely N-dealkylation sites (N-methyl/N-ethyl adjacent to an activating group) is 1. The molecule has 1 aliphatic rings. The van der Waals surface area contributed by atoms with E-state index in [1.807, 2.05) is 42.2 Å². The van der Waals surface area contributed by atoms with E-state index in [1.54, 1.807) is 7.05 Å². The van der Waals surface area contributed by atoms with Crippen LogP contribution in [-0.4, -0.2) is 44.0 Å². The fourth-order valence-electron chi connectivity index (χ4n) is 3.38. The molecule has 1 atom stereocenters. The third-order valence-electron chi connectivity index (χ3n) is 4.73. The number of benzene rings is 2. The van der Waals surface area contributed by atoms with E-state index in [9.17, 15) is 4.79 Å². The summed E-state index contributed by atoms with van der Waals surface area (Å²) in [6.45, 7) is 4.39. The van der Waals surface area contributed by atoms with Crippen molar-refractivity contribution in [3.05, 3.63) is 63.6 Å². The number of aryl methyl sites for hydroxylation is 1. The number of nitrogens with zero attached hydrogens (tertiary/aromatic N) is 2. The first-order valence-electron chi connectivity index (χ1n) is 8.70. The van der Waals surface area contributed by atoms with Crippen LogP contribution >= 0.6 is 23.2 Å². The Balaban J connectivity index is 1.94. The normalized spacial score (nSPS) is 17.5. The zero-order valence-corrected chi connectivity index (χ0v) is 16.5. The van der Waals surface area contributed by atoms with Crippen LogP contribution in [-0.2, 0) is 4.79 Å². The van der Waals surface area contributed by atoms with Crippen LogP contribution in [0.1, 0.15) is 17.2 Å². The summed E-state index contributed by atoms with van der Waals surface area (Å²) in [5.41, 5.74) is 3.25. The molecule has 0 radical (unpaired) electrons. The lowest BCUT2D eigenvalue weighted by atomic mass is 10.0. The van der Waals surface area contributed by atoms with Crippen molar-refractivity contribution in [2.24, 2.45) is 0 Å². The van der Waals surface area contributed by atoms with Crippen molar-refractivity contribution < 1.29 is 4.79 Å². The summed E-state index contributed by atoms with van der Waals surface area (Å²) in [4.78, 5) is 16.6. The lowest BCUT2D eigenvalue weighted by molar-refractivity contribution is -0.131. The molecule has 0 bridgehead atoms. The molecular weight excluding hydrogens is 369 g/mol. The molecular formula is C20H23Cl2N3O. The summed E-state index contributed by atoms with van der Waals surface area (Å²) in [6, 6.07) is 14.0. The lowest BCUT2D eigenvalue weighted by Crippen LogP contribution is -2.52. The van der Waals surface area contributed by atoms with Crippen molar-refractivity contribution in [1.82, 2.24) is 10.2 Å². The first-order valence-corrected chi connectivity index (χ1v) is 9.46. The SMILES string of the molecule is CNCC(=O)N1CCN(c2ccc(C)cc2Cl)[C@H](c2ccc(Cl)cc2)C1. The number of carbonyl (C=O) groups is 1. The fourth-order valence-corrected chi connectivity index (χ4v) is 3.85. The minimum Gasteiger partial charge on any atom is -0.360 e. The van der Waals surface area contributed by atoms with Gasteiger partial charge in [-0.15, -0.1) is 0 Å². The van der Waals surface area contributed by atoms with Gasteiger partial charge >= 0.3 is 0 Å². The Bertz CT molecular complexity index is 779. The quantitative estimate of drug-likeness (QED) is 0.857. The standard InChI is InChI=1S/C20H23Cl2N3O/c1-14-3-8-18(17(22)11-14)25-10-9-24(20(26)12-23-2)13-19(25)15-4-6-16(21)7-5-15/h3-8,11,19,23H,9-10,12-13H2,1-2H3/t19-/m0/s1. The summed E-state index contributed by atoms with van der Waals surface area (Å²) < 4.78 is 0. The van der Waals surface area contributed by atoms with Gasteiger partial charge in [0.2, 0.25) is 5.91 Å². The van der Waals surface area contributed by atoms with Gasteiger partial charge in [-0.2, -0.15) is 0 Å². The van der Waals surface area contributed by atoms with E-state index in [0.717, 1.165) is 28.4 Å². The summed E-state index contributed by atoms with van der Waals surface area (Å²) in [5.74, 6) is 0.112. The Kier molecular flexibility index (Phi) is 6.07. The van der Waals surface area contributed by atoms with Crippen LogP contribution in [0.2, 0.25) is 10.0 Å². The Morgan fingerprint density at radius 1 is 1.15 bits per heavy atom. The number of piperazine rings is 1. The van der Waals surface area contributed by atoms with Crippen molar-refractivity contribution in [2.45, 2.75) is 13.0 Å². The highest BCUT2D eigenvalue weighted by molar-refractivity contribution is 6.33. The predicted octanol–water partition coefficient (Wildman–Crippen LogP) is 3.91. The van der Waals surface area contributed by atoms with E-state index in [2.05, 4.69) is 22.3 Å². The molecule has 26 heavy (non-hydrogen) atoms. The minimum atomic E-state index is 0.0297. The highest BCUT2D eigenvalue weighted by Crippen LogP contribution is 2.36. The van der Waals surface area contributed by atoms with Gasteiger partial charge in [0, 0.05) is 24.7 Å². The third kappa shape index (κ3) is 4.14. The van der Waals surface area contributed by atoms with Gasteiger partial charge in [0.25, 0.3) is 0 Å². The van der Waals surface area contributed by atoms with Crippen molar-refractivity contribution >= 4 is 34.8 Å². The summed E-state index contributed by atoms with van der Waals surface area (Å²) in [6.07, 6.45) is 0. The predicted molar refractivity (Wildman–Crippen MR) is 108 cm³/mol. The highest BCUT2D eigenvalue weighted by Gasteiger charge is 2.31. The van der Waals surface area contributed by atoms with Gasteiger partial charge in [-0.25, -0.2) is 0 Å². The molecule has 0 spiro atoms. The molecule has 1 aliphatic heterocycles. The Morgan fingerprint density at radius 3 is 2.54 bits per heavy atom. The number of nitrogens with one attached hydrogen (secondary N) is 1. The van der Waals surface area contributed by atoms with Crippen molar-refractivity contribution in [3.8, 4) is 0 Å². The van der Waals surface area contributed by atoms with Crippen molar-refractivity contribution in [1.29, 1.82) is 0 Å². The Morgan fingerprint density at radius 2 is 1.88 bits per heavy atom. The van der Waals surface area contributed by atoms with E-state index in [4.69, 9.17) is 23.2 Å². The van der Waals surface area contributed by atoms with E-state index >= 15 is 0 Å². The molecule has 6 heteroatoms. The molecule has 2 aromatic rings. The van der Waals surface area contributed by atoms with Gasteiger partial charge in [-0.3, -0.25) is 4.79 Å². The molecule has 0 aromatic heterocycles. The van der Waals surface area contributed by atoms with E-state index in [0.29, 0.717) is 24.7 Å². The van der Waals surface area contributed by atoms with Gasteiger partial charge < -0.3 is 15.1 Å². The van der Waals surface area contributed by atoms with Crippen LogP contribution in [0.25, 0.3) is 0 Å². The first-order chi connectivity index (χ1) is 12.5. The average molecular weight is 392 g/mol. The third-order valence-corrected chi connectivity index (χ3v) is 5.28. The molecule has 138 valence electrons. The number of amides is 1. The van der Waals surface area contributed by atoms with Gasteiger partial charge in [0.15, 0.2) is 0 Å². The molecule has 1 N–H and O–H groups in total. The maximum Gasteiger partial charge on any atom is 0.236 e. The second-order valence-corrected chi connectivity index (χ2v) is 7.43. The number of rotatable bonds is 4. The zero-order valence-electron chi connectivity index (χ0n) is 15.0. The zero-order chi connectivity index (χ0) is 18.7. The summed E-state index contributed by atoms with van der Waals surface area (Å²) in [5, 5.41) is 4.38. The summed E-state index contributed by atoms with van der Waals surface area (Å²) >= 11 is 12.6. The van der Waals surface area contributed by atoms with E-state index in [-0.39, 0.29) is 11.9 Å². The highest BCUT2D eigenvalue weighted by atomic mass is 35.5. The fraction of sp³-hybridized carbons (Fsp3) is 0.350. The molecule has 1 amide bonds. The Hall–Kier alpha value is -1.75. The van der Waals surface area contributed by atoms with Crippen LogP contribution in [0.15, 0.2) is 42.5 Å². The molecule has 1 heterocycles. The van der Waals surface area contributed by atoms with Gasteiger partial charge in [0.1, 0.15) is 0 Å². The average Bonchev–Trinajstić information content (AvgIpc) is 2.62. The second kappa shape index (κ2) is 8.30. The van der Waals surface area contributed by atoms with Crippen LogP contribution < -0.4 is 10.2 Å². The van der Waals surface area contributed by atoms with E-state index in [1.165, 1.54) is 0 Å². The molecule has 2 aromatic carbocycles. The number of hydrogen-bond donors (Lipinski definition) is 1. The monoisotopic (exact) mass is 391 g/mol. The minimum absolute atomic E-state index is 0.0297. The van der Waals surface area contributed by atoms with Crippen LogP contribution in [0.4, 0.5) is 5.69 Å². The van der Waals surface area contributed by atoms with E-state index < -0.39 is 0 Å². The topological polar surface area (TPSA) is 35.6 Å². The number of hydrogen-bond acceptors (Lipinski definition) is 3. The van der Waals surface area contributed by atoms with Crippen LogP contribution in [0, 0.1) is 6.92 Å². The number of halogens is 2.